The van der Waals surface area contributed by atoms with Gasteiger partial charge in [-0.15, -0.1) is 0 Å². The molecule has 0 radical (unpaired) electrons. The predicted molar refractivity (Wildman–Crippen MR) is 102 cm³/mol. The summed E-state index contributed by atoms with van der Waals surface area (Å²) in [7, 11) is 0. The molecule has 0 aliphatic rings. The summed E-state index contributed by atoms with van der Waals surface area (Å²) >= 11 is 17.1. The fourth-order valence-corrected chi connectivity index (χ4v) is 3.42. The molecular weight excluding hydrogens is 403 g/mol. The number of rotatable bonds is 3. The second-order valence-electron chi connectivity index (χ2n) is 5.95. The van der Waals surface area contributed by atoms with Crippen molar-refractivity contribution < 1.29 is 8.78 Å². The lowest BCUT2D eigenvalue weighted by Gasteiger charge is -2.17. The molecule has 0 atom stereocenters. The van der Waals surface area contributed by atoms with Crippen molar-refractivity contribution >= 4 is 46.5 Å². The second-order valence-corrected chi connectivity index (χ2v) is 7.15. The van der Waals surface area contributed by atoms with Crippen LogP contribution >= 0.6 is 35.4 Å². The molecule has 0 bridgehead atoms. The van der Waals surface area contributed by atoms with Crippen molar-refractivity contribution in [2.75, 3.05) is 0 Å². The van der Waals surface area contributed by atoms with Crippen molar-refractivity contribution in [3.05, 3.63) is 55.0 Å². The van der Waals surface area contributed by atoms with Crippen molar-refractivity contribution in [3.8, 4) is 11.3 Å². The topological polar surface area (TPSA) is 50.7 Å². The van der Waals surface area contributed by atoms with E-state index in [0.717, 1.165) is 0 Å². The quantitative estimate of drug-likeness (QED) is 0.537. The highest BCUT2D eigenvalue weighted by Crippen LogP contribution is 2.32. The molecule has 9 heteroatoms. The van der Waals surface area contributed by atoms with Crippen LogP contribution in [0.2, 0.25) is 10.0 Å². The lowest BCUT2D eigenvalue weighted by Crippen LogP contribution is -2.19. The second kappa shape index (κ2) is 7.06. The van der Waals surface area contributed by atoms with Crippen molar-refractivity contribution in [1.29, 1.82) is 0 Å². The van der Waals surface area contributed by atoms with E-state index in [0.29, 0.717) is 10.6 Å². The third-order valence-electron chi connectivity index (χ3n) is 3.89. The van der Waals surface area contributed by atoms with Gasteiger partial charge < -0.3 is 0 Å². The smallest absolute Gasteiger partial charge is 0.264 e. The lowest BCUT2D eigenvalue weighted by molar-refractivity contribution is 0.153. The predicted octanol–water partition coefficient (Wildman–Crippen LogP) is 5.95. The zero-order chi connectivity index (χ0) is 19.2. The summed E-state index contributed by atoms with van der Waals surface area (Å²) in [6.07, 6.45) is -2.86. The van der Waals surface area contributed by atoms with E-state index in [-0.39, 0.29) is 32.6 Å². The fraction of sp³-hybridized carbons (Fsp3) is 0.235. The maximum Gasteiger partial charge on any atom is 0.264 e. The summed E-state index contributed by atoms with van der Waals surface area (Å²) in [5.41, 5.74) is -0.245. The Labute approximate surface area is 162 Å². The molecule has 1 N–H and O–H groups in total. The molecule has 1 aromatic carbocycles. The number of pyridine rings is 1. The summed E-state index contributed by atoms with van der Waals surface area (Å²) in [6, 6.07) is 5.72. The molecule has 0 amide bonds. The van der Waals surface area contributed by atoms with Crippen molar-refractivity contribution in [2.24, 2.45) is 0 Å². The molecule has 3 rings (SSSR count). The van der Waals surface area contributed by atoms with Crippen LogP contribution in [0, 0.1) is 4.77 Å². The molecule has 136 valence electrons. The third-order valence-corrected chi connectivity index (χ3v) is 4.93. The highest BCUT2D eigenvalue weighted by atomic mass is 35.5. The largest absolute Gasteiger partial charge is 0.300 e. The number of fused-ring (bicyclic) bond motifs is 1. The number of hydrogen-bond acceptors (Lipinski definition) is 3. The van der Waals surface area contributed by atoms with Gasteiger partial charge in [-0.25, -0.2) is 13.8 Å². The first-order valence-electron chi connectivity index (χ1n) is 7.63. The average molecular weight is 416 g/mol. The zero-order valence-corrected chi connectivity index (χ0v) is 16.0. The molecule has 0 spiro atoms. The maximum absolute atomic E-state index is 13.7. The van der Waals surface area contributed by atoms with E-state index < -0.39 is 17.5 Å². The molecule has 26 heavy (non-hydrogen) atoms. The standard InChI is InChI=1S/C17H13Cl2F2N3OS/c1-7(2)24-15-13(16(25)23-17(24)26)9(14(20)21)6-12(22-15)8-3-4-10(18)11(19)5-8/h3-7,14H,1-2H3,(H,23,25,26). The van der Waals surface area contributed by atoms with Crippen molar-refractivity contribution in [2.45, 2.75) is 26.3 Å². The normalized spacial score (nSPS) is 11.7. The number of alkyl halides is 2. The number of halogens is 4. The van der Waals surface area contributed by atoms with Gasteiger partial charge in [-0.05, 0) is 44.3 Å². The number of H-pyrrole nitrogens is 1. The van der Waals surface area contributed by atoms with Gasteiger partial charge in [0.05, 0.1) is 21.1 Å². The van der Waals surface area contributed by atoms with E-state index >= 15 is 0 Å². The SMILES string of the molecule is CC(C)n1c(=S)[nH]c(=O)c2c(C(F)F)cc(-c3ccc(Cl)c(Cl)c3)nc21. The molecular formula is C17H13Cl2F2N3OS. The molecule has 0 aliphatic carbocycles. The van der Waals surface area contributed by atoms with Gasteiger partial charge in [-0.3, -0.25) is 14.3 Å². The van der Waals surface area contributed by atoms with Gasteiger partial charge in [0.2, 0.25) is 0 Å². The van der Waals surface area contributed by atoms with E-state index in [1.165, 1.54) is 12.1 Å². The molecule has 0 unspecified atom stereocenters. The first-order chi connectivity index (χ1) is 12.2. The van der Waals surface area contributed by atoms with E-state index in [2.05, 4.69) is 9.97 Å². The van der Waals surface area contributed by atoms with Crippen LogP contribution in [0.1, 0.15) is 31.9 Å². The Balaban J connectivity index is 2.47. The van der Waals surface area contributed by atoms with E-state index in [4.69, 9.17) is 35.4 Å². The number of nitrogens with one attached hydrogen (secondary N) is 1. The summed E-state index contributed by atoms with van der Waals surface area (Å²) in [5, 5.41) is 0.439. The maximum atomic E-state index is 13.7. The first-order valence-corrected chi connectivity index (χ1v) is 8.80. The van der Waals surface area contributed by atoms with Gasteiger partial charge in [0.15, 0.2) is 4.77 Å². The minimum absolute atomic E-state index is 0.104. The highest BCUT2D eigenvalue weighted by molar-refractivity contribution is 7.71. The van der Waals surface area contributed by atoms with E-state index in [1.807, 2.05) is 13.8 Å². The van der Waals surface area contributed by atoms with Crippen molar-refractivity contribution in [3.63, 3.8) is 0 Å². The number of hydrogen-bond donors (Lipinski definition) is 1. The van der Waals surface area contributed by atoms with Crippen LogP contribution in [0.5, 0.6) is 0 Å². The monoisotopic (exact) mass is 415 g/mol. The third kappa shape index (κ3) is 3.26. The van der Waals surface area contributed by atoms with Gasteiger partial charge >= 0.3 is 0 Å². The van der Waals surface area contributed by atoms with Crippen LogP contribution in [0.4, 0.5) is 8.78 Å². The first kappa shape index (κ1) is 18.9. The highest BCUT2D eigenvalue weighted by Gasteiger charge is 2.21. The van der Waals surface area contributed by atoms with Crippen LogP contribution in [0.15, 0.2) is 29.1 Å². The summed E-state index contributed by atoms with van der Waals surface area (Å²) < 4.78 is 29.0. The van der Waals surface area contributed by atoms with Crippen LogP contribution in [0.25, 0.3) is 22.3 Å². The average Bonchev–Trinajstić information content (AvgIpc) is 2.55. The summed E-state index contributed by atoms with van der Waals surface area (Å²) in [6.45, 7) is 3.65. The van der Waals surface area contributed by atoms with Crippen LogP contribution < -0.4 is 5.56 Å². The minimum Gasteiger partial charge on any atom is -0.300 e. The van der Waals surface area contributed by atoms with Gasteiger partial charge in [0, 0.05) is 17.2 Å². The number of aromatic nitrogens is 3. The fourth-order valence-electron chi connectivity index (χ4n) is 2.73. The number of aromatic amines is 1. The Bertz CT molecular complexity index is 1130. The van der Waals surface area contributed by atoms with E-state index in [1.54, 1.807) is 16.7 Å². The van der Waals surface area contributed by atoms with Crippen LogP contribution in [-0.4, -0.2) is 14.5 Å². The minimum atomic E-state index is -2.86. The van der Waals surface area contributed by atoms with Crippen LogP contribution in [0.3, 0.4) is 0 Å². The van der Waals surface area contributed by atoms with E-state index in [9.17, 15) is 13.6 Å². The Morgan fingerprint density at radius 2 is 1.88 bits per heavy atom. The van der Waals surface area contributed by atoms with Crippen molar-refractivity contribution in [1.82, 2.24) is 14.5 Å². The molecule has 2 aromatic heterocycles. The molecule has 0 aliphatic heterocycles. The molecule has 0 saturated carbocycles. The lowest BCUT2D eigenvalue weighted by atomic mass is 10.1. The Morgan fingerprint density at radius 1 is 1.19 bits per heavy atom. The molecule has 4 nitrogen and oxygen atoms in total. The molecule has 0 fully saturated rings. The van der Waals surface area contributed by atoms with Gasteiger partial charge in [0.1, 0.15) is 5.65 Å². The molecule has 0 saturated heterocycles. The Hall–Kier alpha value is -1.83. The number of benzene rings is 1. The van der Waals surface area contributed by atoms with Gasteiger partial charge in [-0.1, -0.05) is 29.3 Å². The molecule has 2 heterocycles. The van der Waals surface area contributed by atoms with Crippen LogP contribution in [-0.2, 0) is 0 Å². The Morgan fingerprint density at radius 3 is 2.46 bits per heavy atom. The Kier molecular flexibility index (Phi) is 5.14. The summed E-state index contributed by atoms with van der Waals surface area (Å²) in [5.74, 6) is 0. The summed E-state index contributed by atoms with van der Waals surface area (Å²) in [4.78, 5) is 19.2. The van der Waals surface area contributed by atoms with Gasteiger partial charge in [-0.2, -0.15) is 0 Å². The van der Waals surface area contributed by atoms with Gasteiger partial charge in [0.25, 0.3) is 12.0 Å². The zero-order valence-electron chi connectivity index (χ0n) is 13.7. The number of nitrogens with zero attached hydrogens (tertiary/aromatic N) is 2. The molecule has 3 aromatic rings.